The number of para-hydroxylation sites is 1. The Kier molecular flexibility index (Phi) is 4.56. The molecule has 1 fully saturated rings. The lowest BCUT2D eigenvalue weighted by molar-refractivity contribution is 0.171. The molecule has 1 aliphatic heterocycles. The number of rotatable bonds is 5. The molecule has 0 atom stereocenters. The molecular formula is C17H26N4. The number of piperidine rings is 1. The molecule has 2 heterocycles. The van der Waals surface area contributed by atoms with E-state index in [0.29, 0.717) is 0 Å². The topological polar surface area (TPSA) is 33.1 Å². The average Bonchev–Trinajstić information content (AvgIpc) is 2.83. The summed E-state index contributed by atoms with van der Waals surface area (Å²) < 4.78 is 2.00. The van der Waals surface area contributed by atoms with E-state index in [9.17, 15) is 0 Å². The molecule has 0 spiro atoms. The summed E-state index contributed by atoms with van der Waals surface area (Å²) in [5.41, 5.74) is 2.46. The first-order chi connectivity index (χ1) is 10.3. The first-order valence-corrected chi connectivity index (χ1v) is 8.05. The second-order valence-electron chi connectivity index (χ2n) is 6.20. The third kappa shape index (κ3) is 3.27. The fraction of sp³-hybridized carbons (Fsp3) is 0.588. The molecule has 1 N–H and O–H groups in total. The van der Waals surface area contributed by atoms with Crippen LogP contribution in [0.25, 0.3) is 10.9 Å². The van der Waals surface area contributed by atoms with Crippen molar-refractivity contribution in [3.05, 3.63) is 30.0 Å². The summed E-state index contributed by atoms with van der Waals surface area (Å²) >= 11 is 0. The first kappa shape index (κ1) is 14.5. The highest BCUT2D eigenvalue weighted by atomic mass is 15.3. The van der Waals surface area contributed by atoms with Crippen LogP contribution >= 0.6 is 0 Å². The number of hydrogen-bond donors (Lipinski definition) is 1. The molecule has 0 amide bonds. The Morgan fingerprint density at radius 1 is 1.24 bits per heavy atom. The molecule has 0 bridgehead atoms. The molecule has 114 valence electrons. The third-order valence-electron chi connectivity index (χ3n) is 4.72. The van der Waals surface area contributed by atoms with Gasteiger partial charge in [0.1, 0.15) is 0 Å². The van der Waals surface area contributed by atoms with Crippen LogP contribution in [-0.2, 0) is 13.6 Å². The molecule has 21 heavy (non-hydrogen) atoms. The van der Waals surface area contributed by atoms with Crippen LogP contribution in [0, 0.1) is 5.92 Å². The molecule has 0 saturated carbocycles. The van der Waals surface area contributed by atoms with Crippen LogP contribution < -0.4 is 5.32 Å². The first-order valence-electron chi connectivity index (χ1n) is 8.05. The van der Waals surface area contributed by atoms with E-state index in [1.165, 1.54) is 48.9 Å². The third-order valence-corrected chi connectivity index (χ3v) is 4.72. The minimum absolute atomic E-state index is 0.897. The highest BCUT2D eigenvalue weighted by Gasteiger charge is 2.20. The van der Waals surface area contributed by atoms with Crippen LogP contribution in [0.15, 0.2) is 24.3 Å². The summed E-state index contributed by atoms with van der Waals surface area (Å²) in [7, 11) is 4.08. The molecule has 4 nitrogen and oxygen atoms in total. The van der Waals surface area contributed by atoms with Gasteiger partial charge in [-0.05, 0) is 57.9 Å². The van der Waals surface area contributed by atoms with E-state index in [1.54, 1.807) is 0 Å². The number of likely N-dealkylation sites (tertiary alicyclic amines) is 1. The van der Waals surface area contributed by atoms with E-state index in [-0.39, 0.29) is 0 Å². The largest absolute Gasteiger partial charge is 0.320 e. The summed E-state index contributed by atoms with van der Waals surface area (Å²) in [6.45, 7) is 4.55. The van der Waals surface area contributed by atoms with E-state index < -0.39 is 0 Å². The van der Waals surface area contributed by atoms with Gasteiger partial charge in [0.2, 0.25) is 0 Å². The van der Waals surface area contributed by atoms with Gasteiger partial charge < -0.3 is 5.32 Å². The smallest absolute Gasteiger partial charge is 0.0843 e. The predicted octanol–water partition coefficient (Wildman–Crippen LogP) is 2.39. The minimum atomic E-state index is 0.897. The number of hydrogen-bond acceptors (Lipinski definition) is 3. The maximum absolute atomic E-state index is 4.72. The standard InChI is InChI=1S/C17H26N4/c1-18-10-7-14-8-11-21(12-9-14)13-16-15-5-3-4-6-17(15)20(2)19-16/h3-6,14,18H,7-13H2,1-2H3. The maximum Gasteiger partial charge on any atom is 0.0843 e. The number of nitrogens with one attached hydrogen (secondary N) is 1. The van der Waals surface area contributed by atoms with Crippen LogP contribution in [-0.4, -0.2) is 41.4 Å². The van der Waals surface area contributed by atoms with Crippen LogP contribution in [0.2, 0.25) is 0 Å². The Hall–Kier alpha value is -1.39. The zero-order valence-corrected chi connectivity index (χ0v) is 13.2. The molecule has 2 aromatic rings. The van der Waals surface area contributed by atoms with Gasteiger partial charge >= 0.3 is 0 Å². The van der Waals surface area contributed by atoms with Crippen molar-refractivity contribution in [2.24, 2.45) is 13.0 Å². The Balaban J connectivity index is 1.62. The van der Waals surface area contributed by atoms with Crippen molar-refractivity contribution in [3.63, 3.8) is 0 Å². The summed E-state index contributed by atoms with van der Waals surface area (Å²) in [5, 5.41) is 9.28. The molecule has 4 heteroatoms. The van der Waals surface area contributed by atoms with E-state index >= 15 is 0 Å². The van der Waals surface area contributed by atoms with Gasteiger partial charge in [0.15, 0.2) is 0 Å². The normalized spacial score (nSPS) is 17.6. The summed E-state index contributed by atoms with van der Waals surface area (Å²) in [5.74, 6) is 0.897. The number of nitrogens with zero attached hydrogens (tertiary/aromatic N) is 3. The minimum Gasteiger partial charge on any atom is -0.320 e. The van der Waals surface area contributed by atoms with Crippen molar-refractivity contribution in [2.45, 2.75) is 25.8 Å². The molecule has 0 unspecified atom stereocenters. The number of fused-ring (bicyclic) bond motifs is 1. The summed E-state index contributed by atoms with van der Waals surface area (Å²) in [6, 6.07) is 8.53. The fourth-order valence-corrected chi connectivity index (χ4v) is 3.40. The molecule has 0 radical (unpaired) electrons. The Labute approximate surface area is 127 Å². The molecule has 3 rings (SSSR count). The van der Waals surface area contributed by atoms with Gasteiger partial charge in [-0.25, -0.2) is 0 Å². The SMILES string of the molecule is CNCCC1CCN(Cc2nn(C)c3ccccc23)CC1. The second kappa shape index (κ2) is 6.58. The number of aryl methyl sites for hydroxylation is 1. The van der Waals surface area contributed by atoms with Gasteiger partial charge in [0.25, 0.3) is 0 Å². The zero-order valence-electron chi connectivity index (χ0n) is 13.2. The molecule has 1 aliphatic rings. The lowest BCUT2D eigenvalue weighted by Gasteiger charge is -2.31. The Morgan fingerprint density at radius 3 is 2.76 bits per heavy atom. The van der Waals surface area contributed by atoms with Crippen LogP contribution in [0.1, 0.15) is 25.0 Å². The molecule has 0 aliphatic carbocycles. The van der Waals surface area contributed by atoms with Gasteiger partial charge in [-0.2, -0.15) is 5.10 Å². The van der Waals surface area contributed by atoms with Gasteiger partial charge in [0.05, 0.1) is 11.2 Å². The van der Waals surface area contributed by atoms with Crippen molar-refractivity contribution < 1.29 is 0 Å². The quantitative estimate of drug-likeness (QED) is 0.916. The van der Waals surface area contributed by atoms with Gasteiger partial charge in [-0.1, -0.05) is 18.2 Å². The molecular weight excluding hydrogens is 260 g/mol. The van der Waals surface area contributed by atoms with Gasteiger partial charge in [-0.3, -0.25) is 9.58 Å². The Bertz CT molecular complexity index is 581. The molecule has 1 aromatic carbocycles. The van der Waals surface area contributed by atoms with E-state index in [2.05, 4.69) is 34.5 Å². The number of aromatic nitrogens is 2. The van der Waals surface area contributed by atoms with E-state index in [0.717, 1.165) is 19.0 Å². The van der Waals surface area contributed by atoms with Crippen molar-refractivity contribution in [2.75, 3.05) is 26.7 Å². The van der Waals surface area contributed by atoms with Crippen LogP contribution in [0.5, 0.6) is 0 Å². The second-order valence-corrected chi connectivity index (χ2v) is 6.20. The predicted molar refractivity (Wildman–Crippen MR) is 87.3 cm³/mol. The maximum atomic E-state index is 4.72. The van der Waals surface area contributed by atoms with Crippen LogP contribution in [0.4, 0.5) is 0 Å². The van der Waals surface area contributed by atoms with Crippen LogP contribution in [0.3, 0.4) is 0 Å². The van der Waals surface area contributed by atoms with Crippen molar-refractivity contribution in [3.8, 4) is 0 Å². The highest BCUT2D eigenvalue weighted by Crippen LogP contribution is 2.24. The molecule has 1 saturated heterocycles. The molecule has 1 aromatic heterocycles. The highest BCUT2D eigenvalue weighted by molar-refractivity contribution is 5.81. The number of benzene rings is 1. The van der Waals surface area contributed by atoms with E-state index in [4.69, 9.17) is 5.10 Å². The zero-order chi connectivity index (χ0) is 14.7. The van der Waals surface area contributed by atoms with Crippen molar-refractivity contribution in [1.29, 1.82) is 0 Å². The van der Waals surface area contributed by atoms with Gasteiger partial charge in [-0.15, -0.1) is 0 Å². The van der Waals surface area contributed by atoms with Gasteiger partial charge in [0, 0.05) is 19.0 Å². The van der Waals surface area contributed by atoms with Crippen molar-refractivity contribution >= 4 is 10.9 Å². The summed E-state index contributed by atoms with van der Waals surface area (Å²) in [6.07, 6.45) is 3.97. The lowest BCUT2D eigenvalue weighted by atomic mass is 9.93. The lowest BCUT2D eigenvalue weighted by Crippen LogP contribution is -2.34. The summed E-state index contributed by atoms with van der Waals surface area (Å²) in [4.78, 5) is 2.56. The van der Waals surface area contributed by atoms with Crippen molar-refractivity contribution in [1.82, 2.24) is 20.0 Å². The fourth-order valence-electron chi connectivity index (χ4n) is 3.40. The Morgan fingerprint density at radius 2 is 2.00 bits per heavy atom. The van der Waals surface area contributed by atoms with E-state index in [1.807, 2.05) is 18.8 Å². The average molecular weight is 286 g/mol. The monoisotopic (exact) mass is 286 g/mol.